The maximum absolute atomic E-state index is 11.4. The Bertz CT molecular complexity index is 366. The molecule has 1 aromatic rings. The Morgan fingerprint density at radius 2 is 2.21 bits per heavy atom. The maximum Gasteiger partial charge on any atom is 0.180 e. The summed E-state index contributed by atoms with van der Waals surface area (Å²) in [5.74, 6) is 0.353. The number of hydrogen-bond acceptors (Lipinski definition) is 2. The summed E-state index contributed by atoms with van der Waals surface area (Å²) in [6.07, 6.45) is 0. The number of ketones is 1. The number of carbonyl (C=O) groups excluding carboxylic acids is 1. The Hall–Kier alpha value is -0.000000000000000111. The first-order valence-electron chi connectivity index (χ1n) is 3.73. The third-order valence-corrected chi connectivity index (χ3v) is 3.30. The lowest BCUT2D eigenvalue weighted by molar-refractivity contribution is 0.102. The summed E-state index contributed by atoms with van der Waals surface area (Å²) in [5.41, 5.74) is 0.432. The monoisotopic (exact) mass is 344 g/mol. The summed E-state index contributed by atoms with van der Waals surface area (Å²) in [4.78, 5) is 11.4. The van der Waals surface area contributed by atoms with Crippen molar-refractivity contribution in [2.75, 3.05) is 13.0 Å². The number of benzene rings is 1. The Morgan fingerprint density at radius 3 is 2.71 bits per heavy atom. The van der Waals surface area contributed by atoms with Gasteiger partial charge in [0.25, 0.3) is 0 Å². The summed E-state index contributed by atoms with van der Waals surface area (Å²) in [6.45, 7) is 0. The lowest BCUT2D eigenvalue weighted by atomic mass is 10.1. The van der Waals surface area contributed by atoms with Gasteiger partial charge in [-0.05, 0) is 34.7 Å². The molecular formula is C9H7Cl2IO2. The van der Waals surface area contributed by atoms with Crippen LogP contribution in [-0.4, -0.2) is 18.8 Å². The fourth-order valence-electron chi connectivity index (χ4n) is 1.01. The molecule has 0 aliphatic heterocycles. The molecule has 0 saturated carbocycles. The minimum absolute atomic E-state index is 0.0805. The largest absolute Gasteiger partial charge is 0.496 e. The van der Waals surface area contributed by atoms with E-state index in [1.807, 2.05) is 22.6 Å². The Labute approximate surface area is 106 Å². The molecule has 0 aromatic heterocycles. The zero-order chi connectivity index (χ0) is 10.7. The molecule has 0 aliphatic rings. The van der Waals surface area contributed by atoms with E-state index in [4.69, 9.17) is 27.9 Å². The predicted molar refractivity (Wildman–Crippen MR) is 65.8 cm³/mol. The summed E-state index contributed by atoms with van der Waals surface area (Å²) in [7, 11) is 1.54. The topological polar surface area (TPSA) is 26.3 Å². The molecule has 0 atom stereocenters. The van der Waals surface area contributed by atoms with E-state index in [1.54, 1.807) is 19.2 Å². The van der Waals surface area contributed by atoms with Crippen LogP contribution in [0.15, 0.2) is 12.1 Å². The van der Waals surface area contributed by atoms with E-state index in [1.165, 1.54) is 0 Å². The molecule has 0 spiro atoms. The van der Waals surface area contributed by atoms with E-state index >= 15 is 0 Å². The first kappa shape index (κ1) is 12.1. The fourth-order valence-corrected chi connectivity index (χ4v) is 2.56. The summed E-state index contributed by atoms with van der Waals surface area (Å²) in [5, 5.41) is 0.404. The highest BCUT2D eigenvalue weighted by Crippen LogP contribution is 2.30. The van der Waals surface area contributed by atoms with Crippen LogP contribution >= 0.6 is 45.8 Å². The van der Waals surface area contributed by atoms with Crippen LogP contribution in [0.5, 0.6) is 5.75 Å². The number of halogens is 3. The van der Waals surface area contributed by atoms with Crippen molar-refractivity contribution < 1.29 is 9.53 Å². The number of Topliss-reactive ketones (excluding diaryl/α,β-unsaturated/α-hetero) is 1. The molecule has 0 N–H and O–H groups in total. The molecule has 0 bridgehead atoms. The minimum Gasteiger partial charge on any atom is -0.496 e. The van der Waals surface area contributed by atoms with Gasteiger partial charge in [0.2, 0.25) is 0 Å². The molecule has 0 unspecified atom stereocenters. The van der Waals surface area contributed by atoms with Crippen LogP contribution < -0.4 is 4.74 Å². The average Bonchev–Trinajstić information content (AvgIpc) is 2.18. The van der Waals surface area contributed by atoms with Gasteiger partial charge in [0.05, 0.1) is 27.1 Å². The van der Waals surface area contributed by atoms with Crippen molar-refractivity contribution in [3.63, 3.8) is 0 Å². The van der Waals surface area contributed by atoms with Crippen molar-refractivity contribution in [3.05, 3.63) is 26.3 Å². The highest BCUT2D eigenvalue weighted by atomic mass is 127. The van der Waals surface area contributed by atoms with Crippen LogP contribution in [0.3, 0.4) is 0 Å². The van der Waals surface area contributed by atoms with Crippen LogP contribution in [0.4, 0.5) is 0 Å². The number of methoxy groups -OCH3 is 1. The van der Waals surface area contributed by atoms with Crippen molar-refractivity contribution in [2.45, 2.75) is 0 Å². The van der Waals surface area contributed by atoms with Gasteiger partial charge in [-0.1, -0.05) is 11.6 Å². The molecule has 1 aromatic carbocycles. The SMILES string of the molecule is COc1ccc(Cl)c(C(=O)CCl)c1I. The maximum atomic E-state index is 11.4. The fraction of sp³-hybridized carbons (Fsp3) is 0.222. The van der Waals surface area contributed by atoms with Gasteiger partial charge in [-0.25, -0.2) is 0 Å². The summed E-state index contributed by atoms with van der Waals surface area (Å²) < 4.78 is 5.77. The zero-order valence-corrected chi connectivity index (χ0v) is 11.0. The van der Waals surface area contributed by atoms with Crippen LogP contribution in [0.2, 0.25) is 5.02 Å². The summed E-state index contributed by atoms with van der Waals surface area (Å²) >= 11 is 13.4. The van der Waals surface area contributed by atoms with E-state index in [-0.39, 0.29) is 11.7 Å². The van der Waals surface area contributed by atoms with Crippen molar-refractivity contribution in [2.24, 2.45) is 0 Å². The highest BCUT2D eigenvalue weighted by Gasteiger charge is 2.16. The molecule has 5 heteroatoms. The minimum atomic E-state index is -0.194. The smallest absolute Gasteiger partial charge is 0.180 e. The van der Waals surface area contributed by atoms with Crippen LogP contribution in [0.25, 0.3) is 0 Å². The second-order valence-electron chi connectivity index (χ2n) is 2.50. The molecule has 0 amide bonds. The quantitative estimate of drug-likeness (QED) is 0.477. The molecular weight excluding hydrogens is 338 g/mol. The van der Waals surface area contributed by atoms with Gasteiger partial charge in [-0.3, -0.25) is 4.79 Å². The highest BCUT2D eigenvalue weighted by molar-refractivity contribution is 14.1. The number of carbonyl (C=O) groups is 1. The van der Waals surface area contributed by atoms with Crippen LogP contribution in [0, 0.1) is 3.57 Å². The van der Waals surface area contributed by atoms with Gasteiger partial charge in [0.1, 0.15) is 5.75 Å². The van der Waals surface area contributed by atoms with Gasteiger partial charge in [-0.2, -0.15) is 0 Å². The Morgan fingerprint density at radius 1 is 1.57 bits per heavy atom. The summed E-state index contributed by atoms with van der Waals surface area (Å²) in [6, 6.07) is 3.34. The number of hydrogen-bond donors (Lipinski definition) is 0. The second-order valence-corrected chi connectivity index (χ2v) is 4.25. The standard InChI is InChI=1S/C9H7Cl2IO2/c1-14-7-3-2-5(11)8(9(7)12)6(13)4-10/h2-3H,4H2,1H3. The third-order valence-electron chi connectivity index (χ3n) is 1.68. The molecule has 0 radical (unpaired) electrons. The van der Waals surface area contributed by atoms with Gasteiger partial charge in [0, 0.05) is 0 Å². The zero-order valence-electron chi connectivity index (χ0n) is 7.31. The molecule has 2 nitrogen and oxygen atoms in total. The molecule has 14 heavy (non-hydrogen) atoms. The average molecular weight is 345 g/mol. The number of alkyl halides is 1. The van der Waals surface area contributed by atoms with Crippen molar-refractivity contribution in [1.29, 1.82) is 0 Å². The van der Waals surface area contributed by atoms with Gasteiger partial charge < -0.3 is 4.74 Å². The van der Waals surface area contributed by atoms with Crippen molar-refractivity contribution in [1.82, 2.24) is 0 Å². The third kappa shape index (κ3) is 2.32. The van der Waals surface area contributed by atoms with Gasteiger partial charge >= 0.3 is 0 Å². The van der Waals surface area contributed by atoms with Gasteiger partial charge in [0.15, 0.2) is 5.78 Å². The Balaban J connectivity index is 3.32. The van der Waals surface area contributed by atoms with Crippen molar-refractivity contribution >= 4 is 51.6 Å². The normalized spacial score (nSPS) is 10.0. The van der Waals surface area contributed by atoms with E-state index in [2.05, 4.69) is 0 Å². The first-order chi connectivity index (χ1) is 6.61. The molecule has 0 heterocycles. The van der Waals surface area contributed by atoms with E-state index in [0.29, 0.717) is 19.9 Å². The van der Waals surface area contributed by atoms with Crippen LogP contribution in [-0.2, 0) is 0 Å². The first-order valence-corrected chi connectivity index (χ1v) is 5.72. The molecule has 0 fully saturated rings. The number of rotatable bonds is 3. The Kier molecular flexibility index (Phi) is 4.47. The second kappa shape index (κ2) is 5.19. The van der Waals surface area contributed by atoms with Crippen LogP contribution in [0.1, 0.15) is 10.4 Å². The van der Waals surface area contributed by atoms with Gasteiger partial charge in [-0.15, -0.1) is 11.6 Å². The predicted octanol–water partition coefficient (Wildman–Crippen LogP) is 3.37. The lowest BCUT2D eigenvalue weighted by Gasteiger charge is -2.08. The lowest BCUT2D eigenvalue weighted by Crippen LogP contribution is -2.05. The number of ether oxygens (including phenoxy) is 1. The molecule has 0 aliphatic carbocycles. The van der Waals surface area contributed by atoms with E-state index < -0.39 is 0 Å². The molecule has 76 valence electrons. The molecule has 1 rings (SSSR count). The van der Waals surface area contributed by atoms with E-state index in [9.17, 15) is 4.79 Å². The van der Waals surface area contributed by atoms with Crippen molar-refractivity contribution in [3.8, 4) is 5.75 Å². The molecule has 0 saturated heterocycles. The van der Waals surface area contributed by atoms with E-state index in [0.717, 1.165) is 0 Å².